The molecule has 0 N–H and O–H groups in total. The van der Waals surface area contributed by atoms with Gasteiger partial charge in [-0.2, -0.15) is 4.51 Å². The van der Waals surface area contributed by atoms with Crippen molar-refractivity contribution >= 4 is 23.5 Å². The van der Waals surface area contributed by atoms with Gasteiger partial charge in [-0.25, -0.2) is 4.79 Å². The Hall–Kier alpha value is -0.570. The lowest BCUT2D eigenvalue weighted by Gasteiger charge is -1.96. The lowest BCUT2D eigenvalue weighted by atomic mass is 10.4. The van der Waals surface area contributed by atoms with Gasteiger partial charge in [0.05, 0.1) is 6.61 Å². The maximum absolute atomic E-state index is 10.5. The first-order valence-electron chi connectivity index (χ1n) is 2.55. The first-order chi connectivity index (χ1) is 4.22. The molecule has 52 valence electrons. The highest BCUT2D eigenvalue weighted by molar-refractivity contribution is 6.40. The fraction of sp³-hybridized carbons (Fsp3) is 0.600. The van der Waals surface area contributed by atoms with Crippen LogP contribution < -0.4 is 0 Å². The average molecular weight is 150 g/mol. The van der Waals surface area contributed by atoms with Crippen molar-refractivity contribution < 1.29 is 9.53 Å². The van der Waals surface area contributed by atoms with Gasteiger partial charge in [-0.15, -0.1) is 0 Å². The van der Waals surface area contributed by atoms with Gasteiger partial charge >= 0.3 is 5.97 Å². The number of halogens is 1. The molecule has 0 heterocycles. The van der Waals surface area contributed by atoms with Gasteiger partial charge in [0.25, 0.3) is 0 Å². The van der Waals surface area contributed by atoms with Crippen LogP contribution >= 0.6 is 11.8 Å². The molecule has 0 aromatic carbocycles. The molecule has 0 atom stereocenters. The van der Waals surface area contributed by atoms with E-state index in [1.807, 2.05) is 0 Å². The van der Waals surface area contributed by atoms with Gasteiger partial charge < -0.3 is 4.74 Å². The zero-order chi connectivity index (χ0) is 7.28. The minimum atomic E-state index is -0.465. The van der Waals surface area contributed by atoms with Crippen LogP contribution in [0.4, 0.5) is 0 Å². The van der Waals surface area contributed by atoms with Crippen molar-refractivity contribution in [3.8, 4) is 0 Å². The molecule has 0 bridgehead atoms. The largest absolute Gasteiger partial charge is 0.461 e. The summed E-state index contributed by atoms with van der Waals surface area (Å²) < 4.78 is 7.66. The molecule has 0 aliphatic heterocycles. The molecule has 0 saturated heterocycles. The number of carbonyl (C=O) groups is 1. The molecule has 0 fully saturated rings. The minimum absolute atomic E-state index is 0.179. The maximum atomic E-state index is 10.5. The second-order valence-corrected chi connectivity index (χ2v) is 1.56. The van der Waals surface area contributed by atoms with E-state index in [-0.39, 0.29) is 5.71 Å². The van der Waals surface area contributed by atoms with E-state index < -0.39 is 5.97 Å². The Labute approximate surface area is 58.8 Å². The van der Waals surface area contributed by atoms with Crippen LogP contribution in [-0.2, 0) is 9.53 Å². The Balaban J connectivity index is 3.74. The summed E-state index contributed by atoms with van der Waals surface area (Å²) in [4.78, 5) is 10.5. The number of carbonyl (C=O) groups excluding carboxylic acids is 1. The van der Waals surface area contributed by atoms with Crippen LogP contribution in [0, 0.1) is 0 Å². The topological polar surface area (TPSA) is 38.7 Å². The zero-order valence-electron chi connectivity index (χ0n) is 5.35. The van der Waals surface area contributed by atoms with Gasteiger partial charge in [0.15, 0.2) is 0 Å². The monoisotopic (exact) mass is 149 g/mol. The van der Waals surface area contributed by atoms with E-state index in [1.54, 1.807) is 6.92 Å². The van der Waals surface area contributed by atoms with Crippen LogP contribution in [0.3, 0.4) is 0 Å². The highest BCUT2D eigenvalue weighted by atomic mass is 35.5. The molecule has 0 aromatic heterocycles. The Bertz CT molecular complexity index is 133. The lowest BCUT2D eigenvalue weighted by Crippen LogP contribution is -2.12. The van der Waals surface area contributed by atoms with Crippen molar-refractivity contribution in [2.45, 2.75) is 13.8 Å². The van der Waals surface area contributed by atoms with E-state index in [2.05, 4.69) is 9.25 Å². The number of nitrogens with zero attached hydrogens (tertiary/aromatic N) is 1. The molecule has 9 heavy (non-hydrogen) atoms. The Morgan fingerprint density at radius 1 is 1.78 bits per heavy atom. The summed E-state index contributed by atoms with van der Waals surface area (Å²) in [7, 11) is 0. The molecule has 0 saturated carbocycles. The summed E-state index contributed by atoms with van der Waals surface area (Å²) in [5, 5.41) is 0. The molecule has 0 radical (unpaired) electrons. The van der Waals surface area contributed by atoms with Crippen LogP contribution in [0.2, 0.25) is 0 Å². The molecule has 0 unspecified atom stereocenters. The van der Waals surface area contributed by atoms with Crippen molar-refractivity contribution in [2.24, 2.45) is 4.51 Å². The molecular weight excluding hydrogens is 142 g/mol. The lowest BCUT2D eigenvalue weighted by molar-refractivity contribution is -0.135. The van der Waals surface area contributed by atoms with Crippen molar-refractivity contribution in [1.82, 2.24) is 0 Å². The second kappa shape index (κ2) is 4.32. The van der Waals surface area contributed by atoms with Crippen molar-refractivity contribution in [3.05, 3.63) is 0 Å². The Kier molecular flexibility index (Phi) is 4.05. The Morgan fingerprint density at radius 3 is 2.67 bits per heavy atom. The minimum Gasteiger partial charge on any atom is -0.461 e. The molecule has 0 aliphatic carbocycles. The molecule has 0 aliphatic rings. The molecule has 0 amide bonds. The summed E-state index contributed by atoms with van der Waals surface area (Å²) in [6.45, 7) is 3.56. The molecule has 3 nitrogen and oxygen atoms in total. The predicted molar refractivity (Wildman–Crippen MR) is 35.6 cm³/mol. The van der Waals surface area contributed by atoms with Gasteiger partial charge in [0.1, 0.15) is 5.71 Å². The molecule has 0 spiro atoms. The predicted octanol–water partition coefficient (Wildman–Crippen LogP) is 1.16. The number of hydrogen-bond acceptors (Lipinski definition) is 3. The molecule has 0 aromatic rings. The summed E-state index contributed by atoms with van der Waals surface area (Å²) in [5.41, 5.74) is 0.179. The van der Waals surface area contributed by atoms with Crippen LogP contribution in [0.25, 0.3) is 0 Å². The van der Waals surface area contributed by atoms with E-state index >= 15 is 0 Å². The van der Waals surface area contributed by atoms with E-state index in [0.29, 0.717) is 6.61 Å². The second-order valence-electron chi connectivity index (χ2n) is 1.39. The number of ether oxygens (including phenoxy) is 1. The third kappa shape index (κ3) is 3.08. The van der Waals surface area contributed by atoms with E-state index in [9.17, 15) is 4.79 Å². The SMILES string of the molecule is CCOC(=O)/C(C)=N/Cl. The molecular formula is C5H8ClNO2. The van der Waals surface area contributed by atoms with E-state index in [1.165, 1.54) is 6.92 Å². The fourth-order valence-electron chi connectivity index (χ4n) is 0.270. The first-order valence-corrected chi connectivity index (χ1v) is 2.88. The number of hydrogen-bond donors (Lipinski definition) is 0. The molecule has 0 rings (SSSR count). The first kappa shape index (κ1) is 8.43. The number of esters is 1. The van der Waals surface area contributed by atoms with Gasteiger partial charge in [0.2, 0.25) is 0 Å². The van der Waals surface area contributed by atoms with Gasteiger partial charge in [-0.3, -0.25) is 0 Å². The third-order valence-corrected chi connectivity index (χ3v) is 0.951. The standard InChI is InChI=1S/C5H8ClNO2/c1-3-9-5(8)4(2)7-6/h3H2,1-2H3/b7-4+. The van der Waals surface area contributed by atoms with Crippen LogP contribution in [0.5, 0.6) is 0 Å². The smallest absolute Gasteiger partial charge is 0.353 e. The van der Waals surface area contributed by atoms with Crippen LogP contribution in [0.1, 0.15) is 13.8 Å². The zero-order valence-corrected chi connectivity index (χ0v) is 6.10. The van der Waals surface area contributed by atoms with Crippen molar-refractivity contribution in [2.75, 3.05) is 6.61 Å². The maximum Gasteiger partial charge on any atom is 0.353 e. The average Bonchev–Trinajstić information content (AvgIpc) is 1.87. The third-order valence-electron chi connectivity index (χ3n) is 0.698. The van der Waals surface area contributed by atoms with Crippen LogP contribution in [0.15, 0.2) is 4.51 Å². The van der Waals surface area contributed by atoms with E-state index in [0.717, 1.165) is 0 Å². The number of rotatable bonds is 2. The highest BCUT2D eigenvalue weighted by Gasteiger charge is 2.03. The summed E-state index contributed by atoms with van der Waals surface area (Å²) in [5.74, 6) is -0.465. The van der Waals surface area contributed by atoms with Gasteiger partial charge in [0, 0.05) is 11.8 Å². The Morgan fingerprint density at radius 2 is 2.33 bits per heavy atom. The quantitative estimate of drug-likeness (QED) is 0.437. The highest BCUT2D eigenvalue weighted by Crippen LogP contribution is 1.86. The summed E-state index contributed by atoms with van der Waals surface area (Å²) >= 11 is 4.97. The fourth-order valence-corrected chi connectivity index (χ4v) is 0.339. The van der Waals surface area contributed by atoms with Crippen molar-refractivity contribution in [1.29, 1.82) is 0 Å². The normalized spacial score (nSPS) is 11.2. The molecule has 4 heteroatoms. The summed E-state index contributed by atoms with van der Waals surface area (Å²) in [6.07, 6.45) is 0. The van der Waals surface area contributed by atoms with Gasteiger partial charge in [-0.05, 0) is 13.8 Å². The van der Waals surface area contributed by atoms with Crippen LogP contribution in [-0.4, -0.2) is 18.3 Å². The van der Waals surface area contributed by atoms with Crippen molar-refractivity contribution in [3.63, 3.8) is 0 Å². The van der Waals surface area contributed by atoms with E-state index in [4.69, 9.17) is 11.8 Å². The summed E-state index contributed by atoms with van der Waals surface area (Å²) in [6, 6.07) is 0. The van der Waals surface area contributed by atoms with Gasteiger partial charge in [-0.1, -0.05) is 0 Å².